The molecule has 4 aromatic rings. The first-order valence-corrected chi connectivity index (χ1v) is 9.26. The van der Waals surface area contributed by atoms with E-state index in [1.54, 1.807) is 47.5 Å². The lowest BCUT2D eigenvalue weighted by Crippen LogP contribution is -2.29. The molecule has 142 valence electrons. The number of hydrogen-bond acceptors (Lipinski definition) is 4. The fraction of sp³-hybridized carbons (Fsp3) is 0.0909. The summed E-state index contributed by atoms with van der Waals surface area (Å²) < 4.78 is 15.8. The van der Waals surface area contributed by atoms with Gasteiger partial charge in [-0.15, -0.1) is 5.10 Å². The Morgan fingerprint density at radius 3 is 2.48 bits per heavy atom. The molecule has 0 N–H and O–H groups in total. The Balaban J connectivity index is 1.67. The molecule has 6 nitrogen and oxygen atoms in total. The molecule has 5 rings (SSSR count). The highest BCUT2D eigenvalue weighted by Crippen LogP contribution is 2.31. The molecule has 2 aromatic carbocycles. The van der Waals surface area contributed by atoms with Gasteiger partial charge in [-0.1, -0.05) is 41.6 Å². The van der Waals surface area contributed by atoms with Gasteiger partial charge in [0.2, 0.25) is 0 Å². The lowest BCUT2D eigenvalue weighted by atomic mass is 10.1. The molecular formula is C22H16FN5O. The molecule has 1 aliphatic rings. The third-order valence-electron chi connectivity index (χ3n) is 4.99. The van der Waals surface area contributed by atoms with E-state index >= 15 is 0 Å². The van der Waals surface area contributed by atoms with Gasteiger partial charge in [0.05, 0.1) is 5.69 Å². The van der Waals surface area contributed by atoms with Gasteiger partial charge in [0.1, 0.15) is 17.2 Å². The minimum absolute atomic E-state index is 0.142. The van der Waals surface area contributed by atoms with Gasteiger partial charge in [0, 0.05) is 18.4 Å². The Kier molecular flexibility index (Phi) is 4.13. The highest BCUT2D eigenvalue weighted by molar-refractivity contribution is 6.09. The minimum atomic E-state index is -0.458. The Morgan fingerprint density at radius 1 is 0.931 bits per heavy atom. The van der Waals surface area contributed by atoms with E-state index in [1.165, 1.54) is 10.7 Å². The van der Waals surface area contributed by atoms with Crippen molar-refractivity contribution in [2.45, 2.75) is 6.42 Å². The predicted molar refractivity (Wildman–Crippen MR) is 106 cm³/mol. The number of anilines is 1. The highest BCUT2D eigenvalue weighted by Gasteiger charge is 2.31. The Labute approximate surface area is 166 Å². The van der Waals surface area contributed by atoms with E-state index in [0.717, 1.165) is 17.7 Å². The first-order valence-electron chi connectivity index (χ1n) is 9.26. The van der Waals surface area contributed by atoms with Crippen LogP contribution in [0.2, 0.25) is 0 Å². The number of rotatable bonds is 3. The van der Waals surface area contributed by atoms with Crippen LogP contribution in [-0.2, 0) is 6.42 Å². The standard InChI is InChI=1S/C22H16FN5O/c23-16-8-2-4-11-19(16)28-21(17-9-5-6-13-24-17)20(25-26-28)22(29)27-14-12-15-7-1-3-10-18(15)27/h1-11,13H,12,14H2. The molecule has 7 heteroatoms. The van der Waals surface area contributed by atoms with Crippen LogP contribution >= 0.6 is 0 Å². The van der Waals surface area contributed by atoms with E-state index in [2.05, 4.69) is 15.3 Å². The van der Waals surface area contributed by atoms with E-state index in [1.807, 2.05) is 24.3 Å². The van der Waals surface area contributed by atoms with Gasteiger partial charge in [-0.25, -0.2) is 9.07 Å². The minimum Gasteiger partial charge on any atom is -0.306 e. The predicted octanol–water partition coefficient (Wildman–Crippen LogP) is 3.67. The molecular weight excluding hydrogens is 369 g/mol. The van der Waals surface area contributed by atoms with Crippen LogP contribution in [0.4, 0.5) is 10.1 Å². The second kappa shape index (κ2) is 6.94. The fourth-order valence-corrected chi connectivity index (χ4v) is 3.63. The summed E-state index contributed by atoms with van der Waals surface area (Å²) in [4.78, 5) is 19.5. The van der Waals surface area contributed by atoms with E-state index < -0.39 is 5.82 Å². The van der Waals surface area contributed by atoms with Crippen molar-refractivity contribution in [2.24, 2.45) is 0 Å². The van der Waals surface area contributed by atoms with Crippen molar-refractivity contribution in [1.29, 1.82) is 0 Å². The van der Waals surface area contributed by atoms with Gasteiger partial charge >= 0.3 is 0 Å². The van der Waals surface area contributed by atoms with Crippen molar-refractivity contribution in [2.75, 3.05) is 11.4 Å². The Morgan fingerprint density at radius 2 is 1.69 bits per heavy atom. The number of carbonyl (C=O) groups is 1. The van der Waals surface area contributed by atoms with Crippen molar-refractivity contribution in [3.63, 3.8) is 0 Å². The van der Waals surface area contributed by atoms with Crippen molar-refractivity contribution < 1.29 is 9.18 Å². The molecule has 0 bridgehead atoms. The number of amides is 1. The van der Waals surface area contributed by atoms with Gasteiger partial charge in [-0.2, -0.15) is 0 Å². The average Bonchev–Trinajstić information content (AvgIpc) is 3.39. The number of para-hydroxylation sites is 2. The van der Waals surface area contributed by atoms with Crippen LogP contribution in [0.15, 0.2) is 72.9 Å². The Hall–Kier alpha value is -3.87. The average molecular weight is 385 g/mol. The number of aromatic nitrogens is 4. The van der Waals surface area contributed by atoms with Crippen molar-refractivity contribution in [3.8, 4) is 17.1 Å². The first-order chi connectivity index (χ1) is 14.2. The SMILES string of the molecule is O=C(c1nnn(-c2ccccc2F)c1-c1ccccn1)N1CCc2ccccc21. The molecule has 0 spiro atoms. The van der Waals surface area contributed by atoms with E-state index in [-0.39, 0.29) is 17.3 Å². The zero-order chi connectivity index (χ0) is 19.8. The normalized spacial score (nSPS) is 12.8. The molecule has 1 aliphatic heterocycles. The third-order valence-corrected chi connectivity index (χ3v) is 4.99. The maximum absolute atomic E-state index is 14.5. The number of hydrogen-bond donors (Lipinski definition) is 0. The lowest BCUT2D eigenvalue weighted by molar-refractivity contribution is 0.0985. The summed E-state index contributed by atoms with van der Waals surface area (Å²) in [5, 5.41) is 8.25. The number of nitrogens with zero attached hydrogens (tertiary/aromatic N) is 5. The van der Waals surface area contributed by atoms with Crippen LogP contribution in [0, 0.1) is 5.82 Å². The topological polar surface area (TPSA) is 63.9 Å². The van der Waals surface area contributed by atoms with Gasteiger partial charge in [-0.3, -0.25) is 9.78 Å². The maximum Gasteiger partial charge on any atom is 0.281 e. The van der Waals surface area contributed by atoms with Crippen LogP contribution in [0.5, 0.6) is 0 Å². The van der Waals surface area contributed by atoms with Gasteiger partial charge in [-0.05, 0) is 42.3 Å². The van der Waals surface area contributed by atoms with Crippen LogP contribution in [0.3, 0.4) is 0 Å². The fourth-order valence-electron chi connectivity index (χ4n) is 3.63. The molecule has 0 radical (unpaired) electrons. The van der Waals surface area contributed by atoms with E-state index in [4.69, 9.17) is 0 Å². The summed E-state index contributed by atoms with van der Waals surface area (Å²) in [7, 11) is 0. The number of fused-ring (bicyclic) bond motifs is 1. The van der Waals surface area contributed by atoms with Crippen molar-refractivity contribution in [3.05, 3.63) is 90.0 Å². The number of pyridine rings is 1. The lowest BCUT2D eigenvalue weighted by Gasteiger charge is -2.16. The molecule has 0 saturated heterocycles. The second-order valence-electron chi connectivity index (χ2n) is 6.70. The second-order valence-corrected chi connectivity index (χ2v) is 6.70. The van der Waals surface area contributed by atoms with Crippen LogP contribution in [-0.4, -0.2) is 32.4 Å². The van der Waals surface area contributed by atoms with Crippen LogP contribution in [0.1, 0.15) is 16.1 Å². The molecule has 0 unspecified atom stereocenters. The quantitative estimate of drug-likeness (QED) is 0.540. The summed E-state index contributed by atoms with van der Waals surface area (Å²) in [6.45, 7) is 0.562. The third kappa shape index (κ3) is 2.87. The first kappa shape index (κ1) is 17.2. The maximum atomic E-state index is 14.5. The van der Waals surface area contributed by atoms with E-state index in [0.29, 0.717) is 17.9 Å². The smallest absolute Gasteiger partial charge is 0.281 e. The monoisotopic (exact) mass is 385 g/mol. The van der Waals surface area contributed by atoms with Crippen LogP contribution in [0.25, 0.3) is 17.1 Å². The van der Waals surface area contributed by atoms with Crippen LogP contribution < -0.4 is 4.90 Å². The molecule has 29 heavy (non-hydrogen) atoms. The Bertz CT molecular complexity index is 1200. The zero-order valence-corrected chi connectivity index (χ0v) is 15.4. The number of halogens is 1. The highest BCUT2D eigenvalue weighted by atomic mass is 19.1. The summed E-state index contributed by atoms with van der Waals surface area (Å²) in [6, 6.07) is 19.4. The molecule has 1 amide bonds. The summed E-state index contributed by atoms with van der Waals surface area (Å²) in [6.07, 6.45) is 2.40. The number of benzene rings is 2. The summed E-state index contributed by atoms with van der Waals surface area (Å²) in [5.41, 5.74) is 3.19. The largest absolute Gasteiger partial charge is 0.306 e. The molecule has 3 heterocycles. The van der Waals surface area contributed by atoms with Crippen molar-refractivity contribution in [1.82, 2.24) is 20.0 Å². The van der Waals surface area contributed by atoms with Crippen molar-refractivity contribution >= 4 is 11.6 Å². The van der Waals surface area contributed by atoms with Gasteiger partial charge in [0.15, 0.2) is 5.69 Å². The van der Waals surface area contributed by atoms with E-state index in [9.17, 15) is 9.18 Å². The summed E-state index contributed by atoms with van der Waals surface area (Å²) >= 11 is 0. The molecule has 0 atom stereocenters. The number of carbonyl (C=O) groups excluding carboxylic acids is 1. The molecule has 2 aromatic heterocycles. The zero-order valence-electron chi connectivity index (χ0n) is 15.4. The van der Waals surface area contributed by atoms with Gasteiger partial charge in [0.25, 0.3) is 5.91 Å². The van der Waals surface area contributed by atoms with Gasteiger partial charge < -0.3 is 4.90 Å². The summed E-state index contributed by atoms with van der Waals surface area (Å²) in [5.74, 6) is -0.738. The molecule has 0 aliphatic carbocycles. The molecule has 0 saturated carbocycles. The molecule has 0 fully saturated rings.